The van der Waals surface area contributed by atoms with Crippen LogP contribution in [0.2, 0.25) is 0 Å². The summed E-state index contributed by atoms with van der Waals surface area (Å²) in [5, 5.41) is 0. The van der Waals surface area contributed by atoms with Crippen LogP contribution >= 0.6 is 15.9 Å². The predicted octanol–water partition coefficient (Wildman–Crippen LogP) is 3.82. The summed E-state index contributed by atoms with van der Waals surface area (Å²) in [6.45, 7) is 1.95. The first-order valence-corrected chi connectivity index (χ1v) is 7.04. The molecule has 100 valence electrons. The van der Waals surface area contributed by atoms with E-state index in [4.69, 9.17) is 5.73 Å². The second-order valence-corrected chi connectivity index (χ2v) is 5.49. The number of hydrogen-bond donors (Lipinski definition) is 1. The van der Waals surface area contributed by atoms with Gasteiger partial charge in [-0.05, 0) is 64.8 Å². The van der Waals surface area contributed by atoms with Crippen molar-refractivity contribution in [3.63, 3.8) is 0 Å². The average molecular weight is 329 g/mol. The minimum atomic E-state index is -0.00519. The number of hydrogen-bond acceptors (Lipinski definition) is 2. The molecule has 2 aromatic heterocycles. The van der Waals surface area contributed by atoms with E-state index in [0.717, 1.165) is 15.6 Å². The van der Waals surface area contributed by atoms with E-state index in [-0.39, 0.29) is 5.78 Å². The molecule has 0 amide bonds. The van der Waals surface area contributed by atoms with Crippen LogP contribution in [-0.4, -0.2) is 10.2 Å². The van der Waals surface area contributed by atoms with E-state index in [9.17, 15) is 4.79 Å². The van der Waals surface area contributed by atoms with Crippen molar-refractivity contribution in [2.45, 2.75) is 6.92 Å². The van der Waals surface area contributed by atoms with Crippen LogP contribution in [0.15, 0.2) is 53.1 Å². The molecule has 2 heterocycles. The first-order chi connectivity index (χ1) is 9.59. The number of aromatic nitrogens is 1. The van der Waals surface area contributed by atoms with Gasteiger partial charge in [-0.3, -0.25) is 4.79 Å². The summed E-state index contributed by atoms with van der Waals surface area (Å²) in [5.74, 6) is -0.00519. The second kappa shape index (κ2) is 4.80. The Morgan fingerprint density at radius 1 is 1.15 bits per heavy atom. The van der Waals surface area contributed by atoms with Crippen molar-refractivity contribution in [3.8, 4) is 0 Å². The molecule has 0 fully saturated rings. The van der Waals surface area contributed by atoms with Crippen molar-refractivity contribution >= 4 is 32.9 Å². The van der Waals surface area contributed by atoms with Gasteiger partial charge in [0.15, 0.2) is 0 Å². The van der Waals surface area contributed by atoms with Crippen molar-refractivity contribution in [1.29, 1.82) is 0 Å². The average Bonchev–Trinajstić information content (AvgIpc) is 2.72. The van der Waals surface area contributed by atoms with Gasteiger partial charge in [-0.1, -0.05) is 6.07 Å². The number of carbonyl (C=O) groups excluding carboxylic acids is 1. The summed E-state index contributed by atoms with van der Waals surface area (Å²) < 4.78 is 2.87. The second-order valence-electron chi connectivity index (χ2n) is 4.69. The molecule has 0 bridgehead atoms. The lowest BCUT2D eigenvalue weighted by Gasteiger charge is -2.04. The Labute approximate surface area is 125 Å². The SMILES string of the molecule is Cc1c(Br)c2ccccn2c1C(=O)c1ccc(N)cc1. The Hall–Kier alpha value is -2.07. The summed E-state index contributed by atoms with van der Waals surface area (Å²) in [6.07, 6.45) is 1.90. The summed E-state index contributed by atoms with van der Waals surface area (Å²) in [5.41, 5.74) is 9.57. The van der Waals surface area contributed by atoms with E-state index < -0.39 is 0 Å². The highest BCUT2D eigenvalue weighted by Crippen LogP contribution is 2.29. The largest absolute Gasteiger partial charge is 0.399 e. The van der Waals surface area contributed by atoms with E-state index in [1.165, 1.54) is 0 Å². The van der Waals surface area contributed by atoms with Crippen LogP contribution in [0.4, 0.5) is 5.69 Å². The van der Waals surface area contributed by atoms with Gasteiger partial charge in [0, 0.05) is 21.9 Å². The molecule has 4 heteroatoms. The topological polar surface area (TPSA) is 47.5 Å². The normalized spacial score (nSPS) is 10.9. The summed E-state index contributed by atoms with van der Waals surface area (Å²) >= 11 is 3.56. The maximum atomic E-state index is 12.7. The Bertz CT molecular complexity index is 803. The molecule has 0 aliphatic rings. The fraction of sp³-hybridized carbons (Fsp3) is 0.0625. The van der Waals surface area contributed by atoms with Gasteiger partial charge in [0.05, 0.1) is 11.2 Å². The van der Waals surface area contributed by atoms with Crippen LogP contribution in [0.3, 0.4) is 0 Å². The lowest BCUT2D eigenvalue weighted by Crippen LogP contribution is -2.06. The van der Waals surface area contributed by atoms with Crippen molar-refractivity contribution in [2.75, 3.05) is 5.73 Å². The van der Waals surface area contributed by atoms with Gasteiger partial charge >= 0.3 is 0 Å². The van der Waals surface area contributed by atoms with E-state index in [1.807, 2.05) is 35.7 Å². The highest BCUT2D eigenvalue weighted by atomic mass is 79.9. The standard InChI is InChI=1S/C16H13BrN2O/c1-10-14(17)13-4-2-3-9-19(13)15(10)16(20)11-5-7-12(18)8-6-11/h2-9H,18H2,1H3. The molecular weight excluding hydrogens is 316 g/mol. The highest BCUT2D eigenvalue weighted by Gasteiger charge is 2.20. The third kappa shape index (κ3) is 1.93. The zero-order valence-electron chi connectivity index (χ0n) is 10.9. The van der Waals surface area contributed by atoms with Gasteiger partial charge < -0.3 is 10.1 Å². The minimum Gasteiger partial charge on any atom is -0.399 e. The molecule has 3 nitrogen and oxygen atoms in total. The molecule has 0 radical (unpaired) electrons. The summed E-state index contributed by atoms with van der Waals surface area (Å²) in [6, 6.07) is 12.9. The van der Waals surface area contributed by atoms with Gasteiger partial charge in [-0.25, -0.2) is 0 Å². The fourth-order valence-electron chi connectivity index (χ4n) is 2.34. The molecule has 0 aliphatic heterocycles. The van der Waals surface area contributed by atoms with Crippen LogP contribution in [0.1, 0.15) is 21.6 Å². The quantitative estimate of drug-likeness (QED) is 0.574. The summed E-state index contributed by atoms with van der Waals surface area (Å²) in [4.78, 5) is 12.7. The molecule has 0 atom stereocenters. The zero-order valence-corrected chi connectivity index (χ0v) is 12.5. The molecule has 0 aliphatic carbocycles. The number of halogens is 1. The lowest BCUT2D eigenvalue weighted by molar-refractivity contribution is 0.103. The maximum absolute atomic E-state index is 12.7. The van der Waals surface area contributed by atoms with E-state index in [2.05, 4.69) is 15.9 Å². The monoisotopic (exact) mass is 328 g/mol. The smallest absolute Gasteiger partial charge is 0.210 e. The lowest BCUT2D eigenvalue weighted by atomic mass is 10.1. The number of carbonyl (C=O) groups is 1. The third-order valence-corrected chi connectivity index (χ3v) is 4.40. The van der Waals surface area contributed by atoms with E-state index >= 15 is 0 Å². The molecule has 0 saturated heterocycles. The summed E-state index contributed by atoms with van der Waals surface area (Å²) in [7, 11) is 0. The van der Waals surface area contributed by atoms with E-state index in [0.29, 0.717) is 16.9 Å². The van der Waals surface area contributed by atoms with Gasteiger partial charge in [0.1, 0.15) is 0 Å². The fourth-order valence-corrected chi connectivity index (χ4v) is 2.86. The molecule has 1 aromatic carbocycles. The number of rotatable bonds is 2. The maximum Gasteiger partial charge on any atom is 0.210 e. The Balaban J connectivity index is 2.22. The van der Waals surface area contributed by atoms with Crippen LogP contribution in [0, 0.1) is 6.92 Å². The van der Waals surface area contributed by atoms with Gasteiger partial charge in [-0.2, -0.15) is 0 Å². The molecule has 0 saturated carbocycles. The molecule has 0 unspecified atom stereocenters. The number of benzene rings is 1. The Kier molecular flexibility index (Phi) is 3.10. The molecule has 20 heavy (non-hydrogen) atoms. The van der Waals surface area contributed by atoms with Gasteiger partial charge in [0.25, 0.3) is 0 Å². The molecule has 2 N–H and O–H groups in total. The van der Waals surface area contributed by atoms with Crippen molar-refractivity contribution in [1.82, 2.24) is 4.40 Å². The number of nitrogens with two attached hydrogens (primary N) is 1. The molecular formula is C16H13BrN2O. The van der Waals surface area contributed by atoms with Crippen LogP contribution in [-0.2, 0) is 0 Å². The van der Waals surface area contributed by atoms with Crippen molar-refractivity contribution < 1.29 is 4.79 Å². The first-order valence-electron chi connectivity index (χ1n) is 6.25. The van der Waals surface area contributed by atoms with Crippen molar-refractivity contribution in [3.05, 3.63) is 70.0 Å². The number of nitrogen functional groups attached to an aromatic ring is 1. The van der Waals surface area contributed by atoms with Gasteiger partial charge in [-0.15, -0.1) is 0 Å². The van der Waals surface area contributed by atoms with Crippen LogP contribution in [0.5, 0.6) is 0 Å². The number of pyridine rings is 1. The van der Waals surface area contributed by atoms with E-state index in [1.54, 1.807) is 24.3 Å². The number of fused-ring (bicyclic) bond motifs is 1. The van der Waals surface area contributed by atoms with Crippen LogP contribution < -0.4 is 5.73 Å². The zero-order chi connectivity index (χ0) is 14.3. The van der Waals surface area contributed by atoms with Gasteiger partial charge in [0.2, 0.25) is 5.78 Å². The predicted molar refractivity (Wildman–Crippen MR) is 84.1 cm³/mol. The molecule has 3 aromatic rings. The van der Waals surface area contributed by atoms with Crippen LogP contribution in [0.25, 0.3) is 5.52 Å². The minimum absolute atomic E-state index is 0.00519. The first kappa shape index (κ1) is 12.9. The molecule has 3 rings (SSSR count). The third-order valence-electron chi connectivity index (χ3n) is 3.40. The van der Waals surface area contributed by atoms with Crippen molar-refractivity contribution in [2.24, 2.45) is 0 Å². The number of ketones is 1. The molecule has 0 spiro atoms. The highest BCUT2D eigenvalue weighted by molar-refractivity contribution is 9.10. The number of anilines is 1. The number of nitrogens with zero attached hydrogens (tertiary/aromatic N) is 1. The Morgan fingerprint density at radius 3 is 2.55 bits per heavy atom. The Morgan fingerprint density at radius 2 is 1.85 bits per heavy atom.